The summed E-state index contributed by atoms with van der Waals surface area (Å²) in [5.74, 6) is 0. The molecule has 238 valence electrons. The van der Waals surface area contributed by atoms with Crippen molar-refractivity contribution in [2.24, 2.45) is 0 Å². The number of rotatable bonds is 7. The summed E-state index contributed by atoms with van der Waals surface area (Å²) in [6, 6.07) is 40.7. The summed E-state index contributed by atoms with van der Waals surface area (Å²) in [5.41, 5.74) is 11.2. The molecule has 0 unspecified atom stereocenters. The van der Waals surface area contributed by atoms with Crippen molar-refractivity contribution in [3.8, 4) is 0 Å². The van der Waals surface area contributed by atoms with E-state index in [1.165, 1.54) is 92.8 Å². The first-order valence-corrected chi connectivity index (χ1v) is 18.2. The number of hydrogen-bond donors (Lipinski definition) is 0. The van der Waals surface area contributed by atoms with Gasteiger partial charge in [0.2, 0.25) is 0 Å². The summed E-state index contributed by atoms with van der Waals surface area (Å²) in [6.07, 6.45) is 24.8. The van der Waals surface area contributed by atoms with Crippen LogP contribution in [0, 0.1) is 0 Å². The minimum absolute atomic E-state index is 0.873. The molecular formula is C50H38. The van der Waals surface area contributed by atoms with Gasteiger partial charge in [-0.2, -0.15) is 0 Å². The number of benzene rings is 6. The van der Waals surface area contributed by atoms with Gasteiger partial charge in [0.1, 0.15) is 0 Å². The molecule has 0 fully saturated rings. The van der Waals surface area contributed by atoms with Gasteiger partial charge in [-0.15, -0.1) is 0 Å². The molecule has 0 heteroatoms. The van der Waals surface area contributed by atoms with Crippen LogP contribution in [0.4, 0.5) is 0 Å². The highest BCUT2D eigenvalue weighted by Crippen LogP contribution is 2.53. The molecule has 0 atom stereocenters. The van der Waals surface area contributed by atoms with Gasteiger partial charge >= 0.3 is 0 Å². The van der Waals surface area contributed by atoms with Crippen LogP contribution in [0.25, 0.3) is 71.1 Å². The van der Waals surface area contributed by atoms with E-state index in [9.17, 15) is 0 Å². The molecule has 0 aliphatic heterocycles. The molecule has 0 saturated heterocycles. The first-order chi connectivity index (χ1) is 24.8. The Morgan fingerprint density at radius 2 is 1.34 bits per heavy atom. The smallest absolute Gasteiger partial charge is 0.00103 e. The van der Waals surface area contributed by atoms with Crippen LogP contribution in [-0.2, 0) is 19.3 Å². The van der Waals surface area contributed by atoms with Gasteiger partial charge in [-0.05, 0) is 137 Å². The summed E-state index contributed by atoms with van der Waals surface area (Å²) in [4.78, 5) is 0. The van der Waals surface area contributed by atoms with Gasteiger partial charge in [-0.25, -0.2) is 0 Å². The molecule has 0 heterocycles. The molecule has 0 nitrogen and oxygen atoms in total. The van der Waals surface area contributed by atoms with Crippen molar-refractivity contribution in [3.05, 3.63) is 185 Å². The number of allylic oxidation sites excluding steroid dienone is 9. The maximum atomic E-state index is 2.46. The Labute approximate surface area is 293 Å². The third kappa shape index (κ3) is 4.59. The molecule has 2 aliphatic rings. The molecule has 0 radical (unpaired) electrons. The van der Waals surface area contributed by atoms with Gasteiger partial charge in [0.15, 0.2) is 0 Å². The van der Waals surface area contributed by atoms with Crippen molar-refractivity contribution in [2.45, 2.75) is 38.5 Å². The van der Waals surface area contributed by atoms with E-state index in [4.69, 9.17) is 0 Å². The second-order valence-corrected chi connectivity index (χ2v) is 14.1. The molecule has 0 bridgehead atoms. The van der Waals surface area contributed by atoms with Crippen LogP contribution >= 0.6 is 0 Å². The van der Waals surface area contributed by atoms with E-state index in [2.05, 4.69) is 158 Å². The van der Waals surface area contributed by atoms with Crippen LogP contribution in [-0.4, -0.2) is 0 Å². The second-order valence-electron chi connectivity index (χ2n) is 14.1. The first kappa shape index (κ1) is 29.2. The van der Waals surface area contributed by atoms with E-state index < -0.39 is 0 Å². The molecule has 10 rings (SSSR count). The molecule has 2 aliphatic carbocycles. The molecule has 8 aromatic carbocycles. The molecule has 0 spiro atoms. The van der Waals surface area contributed by atoms with Crippen LogP contribution in [0.2, 0.25) is 0 Å². The fourth-order valence-electron chi connectivity index (χ4n) is 9.08. The monoisotopic (exact) mass is 638 g/mol. The zero-order valence-corrected chi connectivity index (χ0v) is 28.3. The van der Waals surface area contributed by atoms with Crippen molar-refractivity contribution in [3.63, 3.8) is 0 Å². The van der Waals surface area contributed by atoms with Gasteiger partial charge in [0, 0.05) is 0 Å². The molecule has 8 aromatic rings. The fraction of sp³-hybridized carbons (Fsp3) is 0.120. The van der Waals surface area contributed by atoms with Gasteiger partial charge in [-0.3, -0.25) is 0 Å². The SMILES string of the molecule is C1=CCCC(c2c3cccc4c5c(c(c43)c3c4cccc6c(C/C(=C\C=C/Cc7ccccc7)c7ccccc7)ccc(c23)c64)CCC=C5)=C1. The van der Waals surface area contributed by atoms with Gasteiger partial charge in [0.05, 0.1) is 0 Å². The Hall–Kier alpha value is -5.72. The Bertz CT molecular complexity index is 2710. The number of fused-ring (bicyclic) bond motifs is 7. The van der Waals surface area contributed by atoms with Crippen molar-refractivity contribution in [2.75, 3.05) is 0 Å². The van der Waals surface area contributed by atoms with Gasteiger partial charge in [0.25, 0.3) is 0 Å². The highest BCUT2D eigenvalue weighted by molar-refractivity contribution is 6.43. The Morgan fingerprint density at radius 3 is 2.18 bits per heavy atom. The summed E-state index contributed by atoms with van der Waals surface area (Å²) in [5, 5.41) is 14.3. The molecule has 50 heavy (non-hydrogen) atoms. The van der Waals surface area contributed by atoms with E-state index in [1.54, 1.807) is 5.56 Å². The van der Waals surface area contributed by atoms with Crippen molar-refractivity contribution in [1.29, 1.82) is 0 Å². The molecule has 0 saturated carbocycles. The Balaban J connectivity index is 1.21. The molecular weight excluding hydrogens is 601 g/mol. The van der Waals surface area contributed by atoms with E-state index in [0.29, 0.717) is 0 Å². The van der Waals surface area contributed by atoms with Gasteiger partial charge in [-0.1, -0.05) is 158 Å². The van der Waals surface area contributed by atoms with E-state index in [0.717, 1.165) is 38.5 Å². The molecule has 0 aromatic heterocycles. The van der Waals surface area contributed by atoms with E-state index in [1.807, 2.05) is 0 Å². The van der Waals surface area contributed by atoms with Crippen molar-refractivity contribution in [1.82, 2.24) is 0 Å². The van der Waals surface area contributed by atoms with Crippen LogP contribution in [0.3, 0.4) is 0 Å². The van der Waals surface area contributed by atoms with E-state index in [-0.39, 0.29) is 0 Å². The lowest BCUT2D eigenvalue weighted by Crippen LogP contribution is -1.93. The largest absolute Gasteiger partial charge is 0.0842 e. The lowest BCUT2D eigenvalue weighted by Gasteiger charge is -2.17. The Morgan fingerprint density at radius 1 is 0.580 bits per heavy atom. The molecule has 0 amide bonds. The average Bonchev–Trinajstić information content (AvgIpc) is 3.69. The van der Waals surface area contributed by atoms with E-state index >= 15 is 0 Å². The zero-order chi connectivity index (χ0) is 33.0. The quantitative estimate of drug-likeness (QED) is 0.152. The zero-order valence-electron chi connectivity index (χ0n) is 28.3. The Kier molecular flexibility index (Phi) is 7.01. The van der Waals surface area contributed by atoms with Crippen LogP contribution in [0.1, 0.15) is 52.6 Å². The molecule has 0 N–H and O–H groups in total. The topological polar surface area (TPSA) is 0 Å². The standard InChI is InChI=1S/C50H38/c1-4-16-33(17-5-1)18-10-11-23-36(34-19-6-2-7-20-34)32-37-30-31-44-46-38(37)26-14-29-43(46)50-48-41-25-13-12-24-39(41)40-27-15-28-42(47(40)48)45(49(44)50)35-21-8-3-9-22-35/h1-8,10-12,14-17,19-21,23-24,26-31H,9,13,18,22,25,32H2/b11-10-,36-23+. The predicted molar refractivity (Wildman–Crippen MR) is 217 cm³/mol. The second kappa shape index (κ2) is 12.0. The van der Waals surface area contributed by atoms with Gasteiger partial charge < -0.3 is 0 Å². The van der Waals surface area contributed by atoms with Crippen LogP contribution in [0.5, 0.6) is 0 Å². The van der Waals surface area contributed by atoms with Crippen LogP contribution < -0.4 is 0 Å². The lowest BCUT2D eigenvalue weighted by atomic mass is 9.86. The number of hydrogen-bond acceptors (Lipinski definition) is 0. The summed E-state index contributed by atoms with van der Waals surface area (Å²) in [6.45, 7) is 0. The number of aryl methyl sites for hydroxylation is 1. The highest BCUT2D eigenvalue weighted by atomic mass is 14.3. The summed E-state index contributed by atoms with van der Waals surface area (Å²) < 4.78 is 0. The van der Waals surface area contributed by atoms with Crippen molar-refractivity contribution < 1.29 is 0 Å². The minimum Gasteiger partial charge on any atom is -0.0842 e. The maximum absolute atomic E-state index is 2.46. The summed E-state index contributed by atoms with van der Waals surface area (Å²) >= 11 is 0. The highest BCUT2D eigenvalue weighted by Gasteiger charge is 2.27. The van der Waals surface area contributed by atoms with Crippen LogP contribution in [0.15, 0.2) is 152 Å². The fourth-order valence-corrected chi connectivity index (χ4v) is 9.08. The lowest BCUT2D eigenvalue weighted by molar-refractivity contribution is 1.00. The third-order valence-electron chi connectivity index (χ3n) is 11.3. The predicted octanol–water partition coefficient (Wildman–Crippen LogP) is 13.4. The maximum Gasteiger partial charge on any atom is -0.00103 e. The summed E-state index contributed by atoms with van der Waals surface area (Å²) in [7, 11) is 0. The minimum atomic E-state index is 0.873. The van der Waals surface area contributed by atoms with Crippen molar-refractivity contribution >= 4 is 71.1 Å². The third-order valence-corrected chi connectivity index (χ3v) is 11.3. The normalized spacial score (nSPS) is 15.0. The first-order valence-electron chi connectivity index (χ1n) is 18.2. The average molecular weight is 639 g/mol.